The van der Waals surface area contributed by atoms with Gasteiger partial charge < -0.3 is 9.80 Å². The molecule has 0 bridgehead atoms. The first-order chi connectivity index (χ1) is 13.3. The van der Waals surface area contributed by atoms with Gasteiger partial charge in [-0.25, -0.2) is 12.8 Å². The quantitative estimate of drug-likeness (QED) is 0.780. The number of amides is 1. The van der Waals surface area contributed by atoms with Gasteiger partial charge in [0.15, 0.2) is 0 Å². The van der Waals surface area contributed by atoms with Crippen molar-refractivity contribution in [1.29, 1.82) is 0 Å². The topological polar surface area (TPSA) is 69.7 Å². The molecule has 0 unspecified atom stereocenters. The summed E-state index contributed by atoms with van der Waals surface area (Å²) in [5, 5.41) is 0. The number of nitrogens with zero attached hydrogens (tertiary/aromatic N) is 2. The molecule has 148 valence electrons. The van der Waals surface area contributed by atoms with Crippen molar-refractivity contribution >= 4 is 27.3 Å². The maximum Gasteiger partial charge on any atom is 0.262 e. The van der Waals surface area contributed by atoms with Gasteiger partial charge in [-0.15, -0.1) is 0 Å². The van der Waals surface area contributed by atoms with Crippen LogP contribution in [0.1, 0.15) is 5.56 Å². The number of piperazine rings is 1. The molecule has 0 spiro atoms. The molecule has 1 aliphatic heterocycles. The molecule has 1 N–H and O–H groups in total. The van der Waals surface area contributed by atoms with Crippen molar-refractivity contribution in [2.45, 2.75) is 11.8 Å². The van der Waals surface area contributed by atoms with E-state index in [1.165, 1.54) is 18.2 Å². The Morgan fingerprint density at radius 3 is 2.32 bits per heavy atom. The molecule has 0 aliphatic carbocycles. The Kier molecular flexibility index (Phi) is 5.69. The summed E-state index contributed by atoms with van der Waals surface area (Å²) in [4.78, 5) is 15.6. The number of hydrogen-bond donors (Lipinski definition) is 1. The van der Waals surface area contributed by atoms with Crippen LogP contribution in [0.25, 0.3) is 0 Å². The maximum absolute atomic E-state index is 13.2. The van der Waals surface area contributed by atoms with Crippen molar-refractivity contribution in [3.8, 4) is 0 Å². The highest BCUT2D eigenvalue weighted by Gasteiger charge is 2.20. The summed E-state index contributed by atoms with van der Waals surface area (Å²) >= 11 is 0. The molecule has 1 amide bonds. The molecule has 2 aromatic rings. The van der Waals surface area contributed by atoms with Crippen molar-refractivity contribution in [2.24, 2.45) is 0 Å². The van der Waals surface area contributed by atoms with Crippen molar-refractivity contribution in [2.75, 3.05) is 35.8 Å². The summed E-state index contributed by atoms with van der Waals surface area (Å²) in [6.07, 6.45) is 1.32. The van der Waals surface area contributed by atoms with Crippen LogP contribution in [0.3, 0.4) is 0 Å². The van der Waals surface area contributed by atoms with Crippen LogP contribution in [-0.4, -0.2) is 45.4 Å². The second-order valence-electron chi connectivity index (χ2n) is 6.58. The van der Waals surface area contributed by atoms with Gasteiger partial charge in [0, 0.05) is 37.6 Å². The van der Waals surface area contributed by atoms with Crippen LogP contribution in [0.5, 0.6) is 0 Å². The first-order valence-electron chi connectivity index (χ1n) is 8.85. The Bertz CT molecular complexity index is 982. The Morgan fingerprint density at radius 2 is 1.75 bits per heavy atom. The molecule has 2 aromatic carbocycles. The van der Waals surface area contributed by atoms with Crippen LogP contribution >= 0.6 is 0 Å². The van der Waals surface area contributed by atoms with Gasteiger partial charge in [0.25, 0.3) is 10.0 Å². The smallest absolute Gasteiger partial charge is 0.262 e. The monoisotopic (exact) mass is 403 g/mol. The molecule has 6 nitrogen and oxygen atoms in total. The molecule has 0 radical (unpaired) electrons. The number of hydrogen-bond acceptors (Lipinski definition) is 4. The number of aryl methyl sites for hydroxylation is 1. The van der Waals surface area contributed by atoms with Crippen molar-refractivity contribution in [3.63, 3.8) is 0 Å². The molecule has 0 saturated carbocycles. The number of halogens is 1. The van der Waals surface area contributed by atoms with E-state index in [4.69, 9.17) is 0 Å². The van der Waals surface area contributed by atoms with E-state index < -0.39 is 15.8 Å². The minimum atomic E-state index is -3.80. The Hall–Kier alpha value is -2.87. The SMILES string of the molecule is C=CC(=O)N1CCN(c2ccc(NS(=O)(=O)c3ccc(F)cc3C)cc2)CC1. The van der Waals surface area contributed by atoms with E-state index in [0.29, 0.717) is 37.4 Å². The van der Waals surface area contributed by atoms with E-state index in [2.05, 4.69) is 16.2 Å². The fraction of sp³-hybridized carbons (Fsp3) is 0.250. The van der Waals surface area contributed by atoms with E-state index in [-0.39, 0.29) is 10.8 Å². The summed E-state index contributed by atoms with van der Waals surface area (Å²) in [6, 6.07) is 10.6. The van der Waals surface area contributed by atoms with Gasteiger partial charge in [-0.3, -0.25) is 9.52 Å². The van der Waals surface area contributed by atoms with E-state index in [9.17, 15) is 17.6 Å². The zero-order valence-electron chi connectivity index (χ0n) is 15.6. The van der Waals surface area contributed by atoms with Crippen LogP contribution in [0.15, 0.2) is 60.0 Å². The van der Waals surface area contributed by atoms with Crippen LogP contribution < -0.4 is 9.62 Å². The van der Waals surface area contributed by atoms with Gasteiger partial charge in [0.2, 0.25) is 5.91 Å². The highest BCUT2D eigenvalue weighted by atomic mass is 32.2. The summed E-state index contributed by atoms with van der Waals surface area (Å²) in [7, 11) is -3.80. The van der Waals surface area contributed by atoms with Gasteiger partial charge in [-0.2, -0.15) is 0 Å². The average molecular weight is 403 g/mol. The number of anilines is 2. The lowest BCUT2D eigenvalue weighted by atomic mass is 10.2. The average Bonchev–Trinajstić information content (AvgIpc) is 2.67. The molecule has 1 fully saturated rings. The normalized spacial score (nSPS) is 14.6. The van der Waals surface area contributed by atoms with Gasteiger partial charge in [-0.05, 0) is 61.0 Å². The lowest BCUT2D eigenvalue weighted by Crippen LogP contribution is -2.48. The number of carbonyl (C=O) groups excluding carboxylic acids is 1. The third-order valence-corrected chi connectivity index (χ3v) is 6.22. The molecule has 1 saturated heterocycles. The van der Waals surface area contributed by atoms with Gasteiger partial charge in [0.1, 0.15) is 5.82 Å². The molecular formula is C20H22FN3O3S. The second-order valence-corrected chi connectivity index (χ2v) is 8.23. The number of carbonyl (C=O) groups is 1. The maximum atomic E-state index is 13.2. The zero-order valence-corrected chi connectivity index (χ0v) is 16.4. The first-order valence-corrected chi connectivity index (χ1v) is 10.3. The number of nitrogens with one attached hydrogen (secondary N) is 1. The van der Waals surface area contributed by atoms with E-state index in [1.54, 1.807) is 24.0 Å². The van der Waals surface area contributed by atoms with Crippen LogP contribution in [0.2, 0.25) is 0 Å². The number of benzene rings is 2. The lowest BCUT2D eigenvalue weighted by Gasteiger charge is -2.35. The predicted octanol–water partition coefficient (Wildman–Crippen LogP) is 2.77. The minimum Gasteiger partial charge on any atom is -0.368 e. The van der Waals surface area contributed by atoms with Gasteiger partial charge in [-0.1, -0.05) is 6.58 Å². The molecule has 1 heterocycles. The summed E-state index contributed by atoms with van der Waals surface area (Å²) in [6.45, 7) is 7.67. The van der Waals surface area contributed by atoms with E-state index in [0.717, 1.165) is 11.8 Å². The third-order valence-electron chi connectivity index (χ3n) is 4.68. The Balaban J connectivity index is 1.68. The summed E-state index contributed by atoms with van der Waals surface area (Å²) in [5.41, 5.74) is 1.72. The van der Waals surface area contributed by atoms with E-state index in [1.807, 2.05) is 12.1 Å². The van der Waals surface area contributed by atoms with Crippen molar-refractivity contribution in [3.05, 3.63) is 66.5 Å². The standard InChI is InChI=1S/C20H22FN3O3S/c1-3-20(25)24-12-10-23(11-13-24)18-7-5-17(6-8-18)22-28(26,27)19-9-4-16(21)14-15(19)2/h3-9,14,22H,1,10-13H2,2H3. The highest BCUT2D eigenvalue weighted by molar-refractivity contribution is 7.92. The molecule has 28 heavy (non-hydrogen) atoms. The minimum absolute atomic E-state index is 0.0426. The fourth-order valence-corrected chi connectivity index (χ4v) is 4.47. The van der Waals surface area contributed by atoms with Gasteiger partial charge in [0.05, 0.1) is 4.90 Å². The Labute approximate surface area is 164 Å². The van der Waals surface area contributed by atoms with Crippen LogP contribution in [0.4, 0.5) is 15.8 Å². The van der Waals surface area contributed by atoms with Crippen molar-refractivity contribution in [1.82, 2.24) is 4.90 Å². The van der Waals surface area contributed by atoms with Crippen LogP contribution in [0, 0.1) is 12.7 Å². The third kappa shape index (κ3) is 4.33. The number of sulfonamides is 1. The molecular weight excluding hydrogens is 381 g/mol. The first kappa shape index (κ1) is 19.9. The van der Waals surface area contributed by atoms with Crippen LogP contribution in [-0.2, 0) is 14.8 Å². The van der Waals surface area contributed by atoms with E-state index >= 15 is 0 Å². The Morgan fingerprint density at radius 1 is 1.11 bits per heavy atom. The largest absolute Gasteiger partial charge is 0.368 e. The summed E-state index contributed by atoms with van der Waals surface area (Å²) in [5.74, 6) is -0.545. The molecule has 1 aliphatic rings. The fourth-order valence-electron chi connectivity index (χ4n) is 3.18. The lowest BCUT2D eigenvalue weighted by molar-refractivity contribution is -0.126. The molecule has 0 atom stereocenters. The predicted molar refractivity (Wildman–Crippen MR) is 107 cm³/mol. The number of rotatable bonds is 5. The van der Waals surface area contributed by atoms with Gasteiger partial charge >= 0.3 is 0 Å². The zero-order chi connectivity index (χ0) is 20.3. The van der Waals surface area contributed by atoms with Crippen molar-refractivity contribution < 1.29 is 17.6 Å². The summed E-state index contributed by atoms with van der Waals surface area (Å²) < 4.78 is 40.9. The molecule has 3 rings (SSSR count). The second kappa shape index (κ2) is 8.02. The molecule has 0 aromatic heterocycles. The highest BCUT2D eigenvalue weighted by Crippen LogP contribution is 2.23. The molecule has 8 heteroatoms.